The molecule has 4 atom stereocenters. The lowest BCUT2D eigenvalue weighted by molar-refractivity contribution is -0.134. The average molecular weight is 468 g/mol. The van der Waals surface area contributed by atoms with Gasteiger partial charge in [0.2, 0.25) is 11.8 Å². The summed E-state index contributed by atoms with van der Waals surface area (Å²) in [6, 6.07) is -1.48. The fraction of sp³-hybridized carbons (Fsp3) is 0.636. The van der Waals surface area contributed by atoms with Gasteiger partial charge in [0.05, 0.1) is 37.7 Å². The van der Waals surface area contributed by atoms with Crippen LogP contribution in [-0.2, 0) is 28.6 Å². The van der Waals surface area contributed by atoms with E-state index < -0.39 is 41.4 Å². The minimum absolute atomic E-state index is 0.124. The molecule has 0 radical (unpaired) electrons. The van der Waals surface area contributed by atoms with E-state index in [0.717, 1.165) is 0 Å². The van der Waals surface area contributed by atoms with Crippen molar-refractivity contribution in [1.29, 1.82) is 0 Å². The van der Waals surface area contributed by atoms with E-state index in [9.17, 15) is 19.2 Å². The zero-order valence-electron chi connectivity index (χ0n) is 19.6. The third-order valence-corrected chi connectivity index (χ3v) is 5.14. The number of hydrogen-bond donors (Lipinski definition) is 3. The molecule has 0 unspecified atom stereocenters. The number of carbonyl (C=O) groups is 4. The maximum absolute atomic E-state index is 13.0. The highest BCUT2D eigenvalue weighted by molar-refractivity contribution is 5.99. The van der Waals surface area contributed by atoms with Gasteiger partial charge in [-0.3, -0.25) is 19.2 Å². The van der Waals surface area contributed by atoms with Gasteiger partial charge in [-0.15, -0.1) is 0 Å². The number of carbonyl (C=O) groups excluding carboxylic acids is 4. The normalized spacial score (nSPS) is 19.9. The summed E-state index contributed by atoms with van der Waals surface area (Å²) in [4.78, 5) is 50.9. The monoisotopic (exact) mass is 467 g/mol. The summed E-state index contributed by atoms with van der Waals surface area (Å²) in [5.41, 5.74) is -0.658. The van der Waals surface area contributed by atoms with Crippen LogP contribution in [0.25, 0.3) is 0 Å². The highest BCUT2D eigenvalue weighted by Crippen LogP contribution is 2.29. The largest absolute Gasteiger partial charge is 0.472 e. The van der Waals surface area contributed by atoms with Gasteiger partial charge in [0, 0.05) is 14.2 Å². The van der Waals surface area contributed by atoms with Gasteiger partial charge in [0.1, 0.15) is 23.9 Å². The molecular weight excluding hydrogens is 434 g/mol. The molecule has 0 saturated carbocycles. The Bertz CT molecular complexity index is 820. The zero-order valence-corrected chi connectivity index (χ0v) is 19.6. The van der Waals surface area contributed by atoms with E-state index in [1.54, 1.807) is 6.92 Å². The molecule has 1 fully saturated rings. The first-order valence-electron chi connectivity index (χ1n) is 10.7. The number of rotatable bonds is 14. The van der Waals surface area contributed by atoms with Crippen LogP contribution >= 0.6 is 0 Å². The molecule has 1 aromatic heterocycles. The third kappa shape index (κ3) is 7.65. The van der Waals surface area contributed by atoms with Crippen LogP contribution in [0.2, 0.25) is 0 Å². The smallest absolute Gasteiger partial charge is 0.255 e. The number of Topliss-reactive ketones (excluding diaryl/α,β-unsaturated/α-hetero) is 1. The lowest BCUT2D eigenvalue weighted by Gasteiger charge is -2.26. The van der Waals surface area contributed by atoms with Crippen molar-refractivity contribution < 1.29 is 37.8 Å². The predicted molar refractivity (Wildman–Crippen MR) is 116 cm³/mol. The van der Waals surface area contributed by atoms with E-state index in [1.165, 1.54) is 32.8 Å². The summed E-state index contributed by atoms with van der Waals surface area (Å²) in [5.74, 6) is -1.83. The Balaban J connectivity index is 2.07. The van der Waals surface area contributed by atoms with Crippen LogP contribution in [0.3, 0.4) is 0 Å². The van der Waals surface area contributed by atoms with Crippen LogP contribution < -0.4 is 16.0 Å². The van der Waals surface area contributed by atoms with Crippen LogP contribution in [0.15, 0.2) is 23.0 Å². The van der Waals surface area contributed by atoms with Crippen molar-refractivity contribution in [3.63, 3.8) is 0 Å². The van der Waals surface area contributed by atoms with Crippen molar-refractivity contribution in [3.05, 3.63) is 24.2 Å². The summed E-state index contributed by atoms with van der Waals surface area (Å²) in [5, 5.41) is 7.83. The second kappa shape index (κ2) is 11.9. The molecule has 1 aromatic rings. The fourth-order valence-corrected chi connectivity index (χ4v) is 3.20. The van der Waals surface area contributed by atoms with Crippen LogP contribution in [-0.4, -0.2) is 81.3 Å². The van der Waals surface area contributed by atoms with E-state index in [-0.39, 0.29) is 30.5 Å². The van der Waals surface area contributed by atoms with E-state index >= 15 is 0 Å². The van der Waals surface area contributed by atoms with Crippen LogP contribution in [0, 0.1) is 5.92 Å². The van der Waals surface area contributed by atoms with Crippen LogP contribution in [0.5, 0.6) is 0 Å². The number of methoxy groups -OCH3 is 2. The quantitative estimate of drug-likeness (QED) is 0.325. The molecular formula is C22H33N3O8. The minimum Gasteiger partial charge on any atom is -0.472 e. The molecule has 11 heteroatoms. The number of epoxide rings is 1. The number of furan rings is 1. The lowest BCUT2D eigenvalue weighted by Crippen LogP contribution is -2.58. The van der Waals surface area contributed by atoms with Crippen molar-refractivity contribution in [3.8, 4) is 0 Å². The first kappa shape index (κ1) is 26.5. The molecule has 0 bridgehead atoms. The van der Waals surface area contributed by atoms with Gasteiger partial charge >= 0.3 is 0 Å². The molecule has 11 nitrogen and oxygen atoms in total. The van der Waals surface area contributed by atoms with Crippen molar-refractivity contribution in [2.75, 3.05) is 34.0 Å². The first-order valence-corrected chi connectivity index (χ1v) is 10.7. The SMILES string of the molecule is COC[C@H](NC(=O)c1ccoc1)C(=O)N[C@@H](COC)C(=O)N[C@@H](CC(C)C)C(=O)[C@]1(C)CO1. The number of hydrogen-bond acceptors (Lipinski definition) is 8. The average Bonchev–Trinajstić information content (AvgIpc) is 3.27. The zero-order chi connectivity index (χ0) is 24.6. The van der Waals surface area contributed by atoms with Crippen molar-refractivity contribution in [2.24, 2.45) is 5.92 Å². The number of nitrogens with one attached hydrogen (secondary N) is 3. The Hall–Kier alpha value is -2.76. The van der Waals surface area contributed by atoms with Crippen molar-refractivity contribution in [2.45, 2.75) is 50.9 Å². The first-order chi connectivity index (χ1) is 15.6. The molecule has 3 N–H and O–H groups in total. The Morgan fingerprint density at radius 1 is 1.00 bits per heavy atom. The van der Waals surface area contributed by atoms with Gasteiger partial charge in [-0.1, -0.05) is 13.8 Å². The molecule has 0 spiro atoms. The van der Waals surface area contributed by atoms with Gasteiger partial charge in [-0.05, 0) is 25.3 Å². The summed E-state index contributed by atoms with van der Waals surface area (Å²) in [6.07, 6.45) is 3.00. The molecule has 1 aliphatic rings. The summed E-state index contributed by atoms with van der Waals surface area (Å²) in [6.45, 7) is 5.61. The highest BCUT2D eigenvalue weighted by atomic mass is 16.6. The predicted octanol–water partition coefficient (Wildman–Crippen LogP) is 0.0445. The maximum Gasteiger partial charge on any atom is 0.255 e. The van der Waals surface area contributed by atoms with Crippen molar-refractivity contribution in [1.82, 2.24) is 16.0 Å². The Morgan fingerprint density at radius 3 is 2.00 bits per heavy atom. The van der Waals surface area contributed by atoms with Crippen LogP contribution in [0.4, 0.5) is 0 Å². The Kier molecular flexibility index (Phi) is 9.56. The van der Waals surface area contributed by atoms with Gasteiger partial charge in [-0.25, -0.2) is 0 Å². The molecule has 1 aliphatic heterocycles. The number of ketones is 1. The van der Waals surface area contributed by atoms with E-state index in [4.69, 9.17) is 18.6 Å². The Morgan fingerprint density at radius 2 is 1.55 bits per heavy atom. The standard InChI is InChI=1S/C22H33N3O8/c1-13(2)8-15(18(26)22(3)12-33-22)23-20(28)17(11-31-5)25-21(29)16(10-30-4)24-19(27)14-6-7-32-9-14/h6-7,9,13,15-17H,8,10-12H2,1-5H3,(H,23,28)(H,24,27)(H,25,29)/t15-,16-,17-,22-/m0/s1. The fourth-order valence-electron chi connectivity index (χ4n) is 3.20. The molecule has 2 rings (SSSR count). The molecule has 0 aromatic carbocycles. The molecule has 1 saturated heterocycles. The van der Waals surface area contributed by atoms with Gasteiger partial charge in [0.15, 0.2) is 5.78 Å². The molecule has 2 heterocycles. The topological polar surface area (TPSA) is 148 Å². The summed E-state index contributed by atoms with van der Waals surface area (Å²) in [7, 11) is 2.77. The number of ether oxygens (including phenoxy) is 3. The second-order valence-electron chi connectivity index (χ2n) is 8.58. The second-order valence-corrected chi connectivity index (χ2v) is 8.58. The summed E-state index contributed by atoms with van der Waals surface area (Å²) < 4.78 is 20.3. The number of amides is 3. The van der Waals surface area contributed by atoms with Crippen LogP contribution in [0.1, 0.15) is 37.6 Å². The minimum atomic E-state index is -1.09. The van der Waals surface area contributed by atoms with E-state index in [2.05, 4.69) is 16.0 Å². The molecule has 3 amide bonds. The van der Waals surface area contributed by atoms with Gasteiger partial charge < -0.3 is 34.6 Å². The Labute approximate surface area is 192 Å². The van der Waals surface area contributed by atoms with Gasteiger partial charge in [0.25, 0.3) is 5.91 Å². The molecule has 33 heavy (non-hydrogen) atoms. The third-order valence-electron chi connectivity index (χ3n) is 5.14. The summed E-state index contributed by atoms with van der Waals surface area (Å²) >= 11 is 0. The lowest BCUT2D eigenvalue weighted by atomic mass is 9.93. The van der Waals surface area contributed by atoms with Crippen molar-refractivity contribution >= 4 is 23.5 Å². The molecule has 0 aliphatic carbocycles. The van der Waals surface area contributed by atoms with Gasteiger partial charge in [-0.2, -0.15) is 0 Å². The molecule has 184 valence electrons. The maximum atomic E-state index is 13.0. The van der Waals surface area contributed by atoms with E-state index in [1.807, 2.05) is 13.8 Å². The van der Waals surface area contributed by atoms with E-state index in [0.29, 0.717) is 13.0 Å². The highest BCUT2D eigenvalue weighted by Gasteiger charge is 2.50.